The summed E-state index contributed by atoms with van der Waals surface area (Å²) >= 11 is 0. The molecular weight excluding hydrogens is 350 g/mol. The molecule has 1 atom stereocenters. The van der Waals surface area contributed by atoms with Crippen LogP contribution in [0.25, 0.3) is 0 Å². The zero-order chi connectivity index (χ0) is 18.6. The van der Waals surface area contributed by atoms with Crippen LogP contribution in [0.5, 0.6) is 11.5 Å². The third-order valence-electron chi connectivity index (χ3n) is 4.90. The molecule has 26 heavy (non-hydrogen) atoms. The smallest absolute Gasteiger partial charge is 0.243 e. The molecule has 0 saturated carbocycles. The van der Waals surface area contributed by atoms with Gasteiger partial charge in [-0.2, -0.15) is 4.31 Å². The summed E-state index contributed by atoms with van der Waals surface area (Å²) in [5.41, 5.74) is 1.20. The molecule has 140 valence electrons. The van der Waals surface area contributed by atoms with Gasteiger partial charge in [0.1, 0.15) is 0 Å². The predicted octanol–water partition coefficient (Wildman–Crippen LogP) is 3.66. The molecule has 1 heterocycles. The third-order valence-corrected chi connectivity index (χ3v) is 6.76. The molecule has 0 aliphatic carbocycles. The van der Waals surface area contributed by atoms with E-state index in [1.165, 1.54) is 25.8 Å². The second kappa shape index (κ2) is 8.10. The Hall–Kier alpha value is -2.05. The van der Waals surface area contributed by atoms with Gasteiger partial charge in [0.15, 0.2) is 11.5 Å². The van der Waals surface area contributed by atoms with Crippen molar-refractivity contribution in [1.29, 1.82) is 0 Å². The van der Waals surface area contributed by atoms with Crippen LogP contribution in [-0.2, 0) is 10.0 Å². The van der Waals surface area contributed by atoms with Crippen LogP contribution in [0.4, 0.5) is 0 Å². The SMILES string of the molecule is COc1ccc(S(=O)(=O)N2CCCCC(c3ccccc3)C2)cc1OC. The molecule has 0 bridgehead atoms. The number of hydrogen-bond donors (Lipinski definition) is 0. The highest BCUT2D eigenvalue weighted by atomic mass is 32.2. The minimum absolute atomic E-state index is 0.216. The van der Waals surface area contributed by atoms with Crippen molar-refractivity contribution in [2.75, 3.05) is 27.3 Å². The summed E-state index contributed by atoms with van der Waals surface area (Å²) < 4.78 is 38.5. The fourth-order valence-electron chi connectivity index (χ4n) is 3.45. The van der Waals surface area contributed by atoms with Gasteiger partial charge in [-0.25, -0.2) is 8.42 Å². The van der Waals surface area contributed by atoms with Crippen LogP contribution in [-0.4, -0.2) is 40.0 Å². The average Bonchev–Trinajstić information content (AvgIpc) is 2.95. The molecule has 1 aliphatic heterocycles. The van der Waals surface area contributed by atoms with E-state index in [0.29, 0.717) is 24.6 Å². The lowest BCUT2D eigenvalue weighted by Crippen LogP contribution is -2.34. The molecule has 5 nitrogen and oxygen atoms in total. The van der Waals surface area contributed by atoms with Gasteiger partial charge in [-0.3, -0.25) is 0 Å². The van der Waals surface area contributed by atoms with Crippen LogP contribution in [0.3, 0.4) is 0 Å². The van der Waals surface area contributed by atoms with Crippen molar-refractivity contribution in [2.24, 2.45) is 0 Å². The summed E-state index contributed by atoms with van der Waals surface area (Å²) in [5.74, 6) is 1.15. The second-order valence-electron chi connectivity index (χ2n) is 6.48. The number of nitrogens with zero attached hydrogens (tertiary/aromatic N) is 1. The summed E-state index contributed by atoms with van der Waals surface area (Å²) in [6.07, 6.45) is 2.90. The summed E-state index contributed by atoms with van der Waals surface area (Å²) in [6.45, 7) is 1.04. The molecule has 2 aromatic carbocycles. The molecule has 1 aliphatic rings. The first-order valence-electron chi connectivity index (χ1n) is 8.83. The number of rotatable bonds is 5. The van der Waals surface area contributed by atoms with Gasteiger partial charge in [0.2, 0.25) is 10.0 Å². The number of benzene rings is 2. The zero-order valence-electron chi connectivity index (χ0n) is 15.2. The van der Waals surface area contributed by atoms with Gasteiger partial charge in [-0.1, -0.05) is 36.8 Å². The fourth-order valence-corrected chi connectivity index (χ4v) is 4.99. The lowest BCUT2D eigenvalue weighted by atomic mass is 9.95. The van der Waals surface area contributed by atoms with Crippen molar-refractivity contribution in [3.63, 3.8) is 0 Å². The summed E-state index contributed by atoms with van der Waals surface area (Å²) in [6, 6.07) is 14.9. The van der Waals surface area contributed by atoms with Crippen LogP contribution in [0.1, 0.15) is 30.7 Å². The highest BCUT2D eigenvalue weighted by molar-refractivity contribution is 7.89. The zero-order valence-corrected chi connectivity index (χ0v) is 16.0. The Labute approximate surface area is 155 Å². The molecule has 0 N–H and O–H groups in total. The predicted molar refractivity (Wildman–Crippen MR) is 101 cm³/mol. The fraction of sp³-hybridized carbons (Fsp3) is 0.400. The molecule has 2 aromatic rings. The molecule has 0 radical (unpaired) electrons. The van der Waals surface area contributed by atoms with E-state index in [1.54, 1.807) is 16.4 Å². The quantitative estimate of drug-likeness (QED) is 0.800. The molecule has 0 amide bonds. The monoisotopic (exact) mass is 375 g/mol. The number of ether oxygens (including phenoxy) is 2. The Morgan fingerprint density at radius 2 is 1.69 bits per heavy atom. The minimum Gasteiger partial charge on any atom is -0.493 e. The summed E-state index contributed by atoms with van der Waals surface area (Å²) in [4.78, 5) is 0.240. The summed E-state index contributed by atoms with van der Waals surface area (Å²) in [5, 5.41) is 0. The molecule has 1 unspecified atom stereocenters. The van der Waals surface area contributed by atoms with E-state index < -0.39 is 10.0 Å². The maximum Gasteiger partial charge on any atom is 0.243 e. The van der Waals surface area contributed by atoms with Crippen molar-refractivity contribution in [1.82, 2.24) is 4.31 Å². The molecular formula is C20H25NO4S. The average molecular weight is 375 g/mol. The van der Waals surface area contributed by atoms with E-state index in [-0.39, 0.29) is 10.8 Å². The van der Waals surface area contributed by atoms with Crippen LogP contribution in [0, 0.1) is 0 Å². The van der Waals surface area contributed by atoms with Gasteiger partial charge in [-0.15, -0.1) is 0 Å². The number of sulfonamides is 1. The summed E-state index contributed by atoms with van der Waals surface area (Å²) in [7, 11) is -0.547. The lowest BCUT2D eigenvalue weighted by Gasteiger charge is -2.24. The van der Waals surface area contributed by atoms with E-state index in [0.717, 1.165) is 19.3 Å². The normalized spacial score (nSPS) is 18.9. The van der Waals surface area contributed by atoms with Crippen molar-refractivity contribution in [3.8, 4) is 11.5 Å². The van der Waals surface area contributed by atoms with E-state index in [4.69, 9.17) is 9.47 Å². The topological polar surface area (TPSA) is 55.8 Å². The van der Waals surface area contributed by atoms with Crippen molar-refractivity contribution >= 4 is 10.0 Å². The van der Waals surface area contributed by atoms with Crippen LogP contribution in [0.15, 0.2) is 53.4 Å². The van der Waals surface area contributed by atoms with Crippen LogP contribution in [0.2, 0.25) is 0 Å². The Kier molecular flexibility index (Phi) is 5.84. The Balaban J connectivity index is 1.90. The Bertz CT molecular complexity index is 836. The molecule has 0 spiro atoms. The van der Waals surface area contributed by atoms with E-state index >= 15 is 0 Å². The van der Waals surface area contributed by atoms with Gasteiger partial charge < -0.3 is 9.47 Å². The van der Waals surface area contributed by atoms with Crippen molar-refractivity contribution < 1.29 is 17.9 Å². The minimum atomic E-state index is -3.59. The second-order valence-corrected chi connectivity index (χ2v) is 8.42. The molecule has 3 rings (SSSR count). The van der Waals surface area contributed by atoms with E-state index in [9.17, 15) is 8.42 Å². The molecule has 1 saturated heterocycles. The molecule has 0 aromatic heterocycles. The maximum absolute atomic E-state index is 13.2. The maximum atomic E-state index is 13.2. The van der Waals surface area contributed by atoms with Crippen molar-refractivity contribution in [2.45, 2.75) is 30.1 Å². The highest BCUT2D eigenvalue weighted by Crippen LogP contribution is 2.33. The highest BCUT2D eigenvalue weighted by Gasteiger charge is 2.30. The van der Waals surface area contributed by atoms with Crippen LogP contribution >= 0.6 is 0 Å². The van der Waals surface area contributed by atoms with E-state index in [2.05, 4.69) is 12.1 Å². The molecule has 1 fully saturated rings. The largest absolute Gasteiger partial charge is 0.493 e. The standard InChI is InChI=1S/C20H25NO4S/c1-24-19-12-11-18(14-20(19)25-2)26(22,23)21-13-7-6-10-17(15-21)16-8-4-3-5-9-16/h3-5,8-9,11-12,14,17H,6-7,10,13,15H2,1-2H3. The third kappa shape index (κ3) is 3.86. The number of methoxy groups -OCH3 is 2. The first kappa shape index (κ1) is 18.7. The van der Waals surface area contributed by atoms with Crippen LogP contribution < -0.4 is 9.47 Å². The van der Waals surface area contributed by atoms with Gasteiger partial charge in [0.25, 0.3) is 0 Å². The van der Waals surface area contributed by atoms with Crippen molar-refractivity contribution in [3.05, 3.63) is 54.1 Å². The van der Waals surface area contributed by atoms with E-state index in [1.807, 2.05) is 18.2 Å². The lowest BCUT2D eigenvalue weighted by molar-refractivity contribution is 0.353. The number of hydrogen-bond acceptors (Lipinski definition) is 4. The van der Waals surface area contributed by atoms with Gasteiger partial charge >= 0.3 is 0 Å². The Morgan fingerprint density at radius 3 is 2.38 bits per heavy atom. The van der Waals surface area contributed by atoms with Gasteiger partial charge in [0, 0.05) is 19.2 Å². The first-order valence-corrected chi connectivity index (χ1v) is 10.3. The molecule has 6 heteroatoms. The first-order chi connectivity index (χ1) is 12.6. The van der Waals surface area contributed by atoms with Gasteiger partial charge in [0.05, 0.1) is 19.1 Å². The Morgan fingerprint density at radius 1 is 0.962 bits per heavy atom. The van der Waals surface area contributed by atoms with Gasteiger partial charge in [-0.05, 0) is 36.5 Å².